The Hall–Kier alpha value is -1.64. The summed E-state index contributed by atoms with van der Waals surface area (Å²) in [5, 5.41) is 2.98. The largest absolute Gasteiger partial charge is 0.371 e. The normalized spacial score (nSPS) is 12.2. The number of hydrogen-bond donors (Lipinski definition) is 2. The molecular weight excluding hydrogens is 290 g/mol. The number of hydrogen-bond acceptors (Lipinski definition) is 5. The van der Waals surface area contributed by atoms with Crippen LogP contribution in [0.1, 0.15) is 6.42 Å². The van der Waals surface area contributed by atoms with Gasteiger partial charge in [-0.25, -0.2) is 18.1 Å². The highest BCUT2D eigenvalue weighted by molar-refractivity contribution is 7.89. The van der Waals surface area contributed by atoms with E-state index < -0.39 is 10.0 Å². The van der Waals surface area contributed by atoms with Gasteiger partial charge in [-0.1, -0.05) is 6.07 Å². The van der Waals surface area contributed by atoms with Crippen molar-refractivity contribution in [3.8, 4) is 0 Å². The van der Waals surface area contributed by atoms with Crippen molar-refractivity contribution in [2.45, 2.75) is 11.4 Å². The third kappa shape index (κ3) is 3.52. The molecule has 0 aliphatic rings. The third-order valence-electron chi connectivity index (χ3n) is 3.05. The van der Waals surface area contributed by atoms with Gasteiger partial charge in [0.25, 0.3) is 10.0 Å². The highest BCUT2D eigenvalue weighted by Crippen LogP contribution is 2.21. The van der Waals surface area contributed by atoms with E-state index in [1.807, 2.05) is 25.1 Å². The quantitative estimate of drug-likeness (QED) is 0.732. The number of imidazole rings is 1. The van der Waals surface area contributed by atoms with Crippen LogP contribution in [0.2, 0.25) is 0 Å². The van der Waals surface area contributed by atoms with E-state index in [1.54, 1.807) is 29.8 Å². The Morgan fingerprint density at radius 2 is 2.10 bits per heavy atom. The molecule has 0 aliphatic carbocycles. The Morgan fingerprint density at radius 1 is 1.33 bits per heavy atom. The van der Waals surface area contributed by atoms with Crippen LogP contribution in [0.5, 0.6) is 0 Å². The first-order valence-corrected chi connectivity index (χ1v) is 8.23. The molecule has 0 spiro atoms. The Labute approximate surface area is 125 Å². The molecule has 0 fully saturated rings. The summed E-state index contributed by atoms with van der Waals surface area (Å²) in [4.78, 5) is 6.29. The molecule has 0 amide bonds. The smallest absolute Gasteiger partial charge is 0.260 e. The molecule has 0 saturated heterocycles. The van der Waals surface area contributed by atoms with Gasteiger partial charge in [0.05, 0.1) is 0 Å². The van der Waals surface area contributed by atoms with Gasteiger partial charge in [-0.15, -0.1) is 0 Å². The summed E-state index contributed by atoms with van der Waals surface area (Å²) in [6.45, 7) is 1.22. The molecule has 0 saturated carbocycles. The van der Waals surface area contributed by atoms with Crippen LogP contribution in [0.3, 0.4) is 0 Å². The Bertz CT molecular complexity index is 708. The van der Waals surface area contributed by atoms with Gasteiger partial charge in [-0.3, -0.25) is 4.40 Å². The fraction of sp³-hybridized carbons (Fsp3) is 0.462. The topological polar surface area (TPSA) is 78.7 Å². The fourth-order valence-corrected chi connectivity index (χ4v) is 3.43. The molecule has 2 rings (SSSR count). The summed E-state index contributed by atoms with van der Waals surface area (Å²) in [5.41, 5.74) is 0.593. The zero-order chi connectivity index (χ0) is 15.5. The molecule has 8 heteroatoms. The van der Waals surface area contributed by atoms with Crippen LogP contribution in [0, 0.1) is 0 Å². The molecule has 2 N–H and O–H groups in total. The second kappa shape index (κ2) is 6.42. The molecule has 7 nitrogen and oxygen atoms in total. The average Bonchev–Trinajstić information content (AvgIpc) is 2.82. The van der Waals surface area contributed by atoms with Crippen molar-refractivity contribution in [3.63, 3.8) is 0 Å². The molecule has 0 unspecified atom stereocenters. The predicted molar refractivity (Wildman–Crippen MR) is 83.1 cm³/mol. The van der Waals surface area contributed by atoms with E-state index in [9.17, 15) is 8.42 Å². The van der Waals surface area contributed by atoms with Crippen molar-refractivity contribution < 1.29 is 8.42 Å². The van der Waals surface area contributed by atoms with Gasteiger partial charge in [0.15, 0.2) is 10.8 Å². The Morgan fingerprint density at radius 3 is 2.76 bits per heavy atom. The zero-order valence-corrected chi connectivity index (χ0v) is 13.3. The second-order valence-corrected chi connectivity index (χ2v) is 6.68. The molecule has 2 heterocycles. The zero-order valence-electron chi connectivity index (χ0n) is 12.5. The summed E-state index contributed by atoms with van der Waals surface area (Å²) in [6, 6.07) is 5.37. The molecule has 0 aliphatic heterocycles. The lowest BCUT2D eigenvalue weighted by atomic mass is 10.4. The van der Waals surface area contributed by atoms with Crippen LogP contribution in [0.4, 0.5) is 5.82 Å². The maximum absolute atomic E-state index is 12.5. The van der Waals surface area contributed by atoms with E-state index in [1.165, 1.54) is 0 Å². The van der Waals surface area contributed by atoms with Gasteiger partial charge in [0, 0.05) is 19.8 Å². The van der Waals surface area contributed by atoms with Crippen molar-refractivity contribution in [1.82, 2.24) is 19.0 Å². The number of nitrogens with one attached hydrogen (secondary N) is 2. The summed E-state index contributed by atoms with van der Waals surface area (Å²) < 4.78 is 29.2. The molecule has 0 atom stereocenters. The average molecular weight is 311 g/mol. The van der Waals surface area contributed by atoms with Crippen LogP contribution in [0.25, 0.3) is 5.65 Å². The van der Waals surface area contributed by atoms with E-state index in [0.29, 0.717) is 18.0 Å². The minimum Gasteiger partial charge on any atom is -0.371 e. The van der Waals surface area contributed by atoms with Crippen LogP contribution in [0.15, 0.2) is 29.4 Å². The minimum absolute atomic E-state index is 0.144. The first-order valence-electron chi connectivity index (χ1n) is 6.75. The van der Waals surface area contributed by atoms with Crippen LogP contribution in [-0.2, 0) is 10.0 Å². The summed E-state index contributed by atoms with van der Waals surface area (Å²) in [5.74, 6) is 0.348. The number of rotatable bonds is 7. The maximum atomic E-state index is 12.5. The summed E-state index contributed by atoms with van der Waals surface area (Å²) in [6.07, 6.45) is 2.44. The number of pyridine rings is 1. The van der Waals surface area contributed by atoms with Crippen molar-refractivity contribution in [2.75, 3.05) is 39.5 Å². The van der Waals surface area contributed by atoms with E-state index in [-0.39, 0.29) is 5.03 Å². The van der Waals surface area contributed by atoms with Crippen molar-refractivity contribution >= 4 is 21.5 Å². The molecule has 2 aromatic rings. The Balaban J connectivity index is 2.27. The number of aromatic nitrogens is 2. The molecule has 0 radical (unpaired) electrons. The van der Waals surface area contributed by atoms with Crippen molar-refractivity contribution in [2.24, 2.45) is 0 Å². The monoisotopic (exact) mass is 311 g/mol. The lowest BCUT2D eigenvalue weighted by Crippen LogP contribution is -2.28. The van der Waals surface area contributed by atoms with Crippen molar-refractivity contribution in [1.29, 1.82) is 0 Å². The maximum Gasteiger partial charge on any atom is 0.260 e. The van der Waals surface area contributed by atoms with Gasteiger partial charge < -0.3 is 10.2 Å². The van der Waals surface area contributed by atoms with E-state index >= 15 is 0 Å². The van der Waals surface area contributed by atoms with E-state index in [4.69, 9.17) is 0 Å². The van der Waals surface area contributed by atoms with E-state index in [0.717, 1.165) is 13.0 Å². The Kier molecular flexibility index (Phi) is 4.81. The molecule has 2 aromatic heterocycles. The first-order chi connectivity index (χ1) is 9.95. The third-order valence-corrected chi connectivity index (χ3v) is 4.53. The van der Waals surface area contributed by atoms with Crippen LogP contribution < -0.4 is 10.0 Å². The van der Waals surface area contributed by atoms with Gasteiger partial charge in [0.1, 0.15) is 5.65 Å². The highest BCUT2D eigenvalue weighted by atomic mass is 32.2. The van der Waals surface area contributed by atoms with Gasteiger partial charge in [-0.2, -0.15) is 0 Å². The summed E-state index contributed by atoms with van der Waals surface area (Å²) >= 11 is 0. The standard InChI is InChI=1S/C13H21N5O2S/c1-14-12-13(18-10-5-4-7-11(18)16-12)21(19,20)15-8-6-9-17(2)3/h4-5,7,10,14-15H,6,8-9H2,1-3H3. The summed E-state index contributed by atoms with van der Waals surface area (Å²) in [7, 11) is 1.96. The van der Waals surface area contributed by atoms with Crippen LogP contribution >= 0.6 is 0 Å². The fourth-order valence-electron chi connectivity index (χ4n) is 2.06. The number of sulfonamides is 1. The predicted octanol–water partition coefficient (Wildman–Crippen LogP) is 0.606. The molecule has 0 bridgehead atoms. The highest BCUT2D eigenvalue weighted by Gasteiger charge is 2.24. The first kappa shape index (κ1) is 15.7. The molecular formula is C13H21N5O2S. The number of anilines is 1. The van der Waals surface area contributed by atoms with Gasteiger partial charge in [-0.05, 0) is 39.2 Å². The number of nitrogens with zero attached hydrogens (tertiary/aromatic N) is 3. The molecule has 21 heavy (non-hydrogen) atoms. The lowest BCUT2D eigenvalue weighted by Gasteiger charge is -2.11. The SMILES string of the molecule is CNc1nc2ccccn2c1S(=O)(=O)NCCCN(C)C. The minimum atomic E-state index is -3.61. The molecule has 0 aromatic carbocycles. The molecule has 116 valence electrons. The van der Waals surface area contributed by atoms with Crippen molar-refractivity contribution in [3.05, 3.63) is 24.4 Å². The lowest BCUT2D eigenvalue weighted by molar-refractivity contribution is 0.400. The van der Waals surface area contributed by atoms with E-state index in [2.05, 4.69) is 15.0 Å². The van der Waals surface area contributed by atoms with Crippen LogP contribution in [-0.4, -0.2) is 56.9 Å². The van der Waals surface area contributed by atoms with Gasteiger partial charge >= 0.3 is 0 Å². The van der Waals surface area contributed by atoms with Gasteiger partial charge in [0.2, 0.25) is 0 Å². The second-order valence-electron chi connectivity index (χ2n) is 5.00. The number of fused-ring (bicyclic) bond motifs is 1.